The molecule has 1 rings (SSSR count). The van der Waals surface area contributed by atoms with E-state index in [0.717, 1.165) is 0 Å². The lowest BCUT2D eigenvalue weighted by molar-refractivity contribution is -0.260. The van der Waals surface area contributed by atoms with E-state index >= 15 is 0 Å². The van der Waals surface area contributed by atoms with Gasteiger partial charge in [0.15, 0.2) is 0 Å². The minimum atomic E-state index is -1.75. The number of aliphatic hydroxyl groups is 1. The largest absolute Gasteiger partial charge is 0.427 e. The highest BCUT2D eigenvalue weighted by Crippen LogP contribution is 2.43. The van der Waals surface area contributed by atoms with Crippen LogP contribution in [0.3, 0.4) is 0 Å². The summed E-state index contributed by atoms with van der Waals surface area (Å²) in [6.45, 7) is 1.79. The van der Waals surface area contributed by atoms with Crippen LogP contribution in [0.25, 0.3) is 10.4 Å². The van der Waals surface area contributed by atoms with E-state index in [2.05, 4.69) is 10.2 Å². The second-order valence-corrected chi connectivity index (χ2v) is 4.82. The SMILES string of the molecule is CC1(COC#N)CC(OC#N)CC(O)(ON=[N+]=[N-])C1. The van der Waals surface area contributed by atoms with Gasteiger partial charge >= 0.3 is 0 Å². The Hall–Kier alpha value is -2.35. The van der Waals surface area contributed by atoms with Gasteiger partial charge in [-0.25, -0.2) is 0 Å². The molecule has 0 aromatic heterocycles. The fraction of sp³-hybridized carbons (Fsp3) is 0.800. The third-order valence-electron chi connectivity index (χ3n) is 2.92. The molecule has 1 saturated carbocycles. The Morgan fingerprint density at radius 1 is 1.47 bits per heavy atom. The van der Waals surface area contributed by atoms with Gasteiger partial charge in [0.05, 0.1) is 6.42 Å². The topological polar surface area (TPSA) is 144 Å². The number of nitrogens with zero attached hydrogens (tertiary/aromatic N) is 5. The van der Waals surface area contributed by atoms with Gasteiger partial charge in [-0.15, -0.1) is 0 Å². The second kappa shape index (κ2) is 6.01. The van der Waals surface area contributed by atoms with Crippen LogP contribution < -0.4 is 0 Å². The number of ether oxygens (including phenoxy) is 2. The van der Waals surface area contributed by atoms with Crippen LogP contribution in [0.1, 0.15) is 26.2 Å². The standard InChI is InChI=1S/C10H13N5O4/c1-9(5-17-6-11)2-8(18-7-12)3-10(16,4-9)19-15-14-13/h8,16H,2-5H2,1H3. The second-order valence-electron chi connectivity index (χ2n) is 4.82. The van der Waals surface area contributed by atoms with Crippen molar-refractivity contribution in [1.82, 2.24) is 0 Å². The van der Waals surface area contributed by atoms with Gasteiger partial charge in [0.2, 0.25) is 5.79 Å². The Balaban J connectivity index is 2.87. The highest BCUT2D eigenvalue weighted by molar-refractivity contribution is 4.93. The van der Waals surface area contributed by atoms with E-state index in [1.807, 2.05) is 0 Å². The van der Waals surface area contributed by atoms with Crippen molar-refractivity contribution in [2.45, 2.75) is 38.1 Å². The van der Waals surface area contributed by atoms with Crippen molar-refractivity contribution >= 4 is 0 Å². The van der Waals surface area contributed by atoms with Gasteiger partial charge < -0.3 is 19.4 Å². The van der Waals surface area contributed by atoms with E-state index < -0.39 is 17.3 Å². The fourth-order valence-corrected chi connectivity index (χ4v) is 2.43. The maximum atomic E-state index is 10.2. The Morgan fingerprint density at radius 3 is 2.79 bits per heavy atom. The number of nitriles is 2. The van der Waals surface area contributed by atoms with Crippen LogP contribution in [0.15, 0.2) is 5.28 Å². The van der Waals surface area contributed by atoms with E-state index in [1.54, 1.807) is 19.4 Å². The smallest absolute Gasteiger partial charge is 0.286 e. The summed E-state index contributed by atoms with van der Waals surface area (Å²) in [5, 5.41) is 30.1. The van der Waals surface area contributed by atoms with Crippen molar-refractivity contribution in [1.29, 1.82) is 10.5 Å². The van der Waals surface area contributed by atoms with E-state index in [0.29, 0.717) is 6.42 Å². The van der Waals surface area contributed by atoms with E-state index in [-0.39, 0.29) is 19.4 Å². The first kappa shape index (κ1) is 14.7. The number of hydrogen-bond donors (Lipinski definition) is 1. The first-order valence-electron chi connectivity index (χ1n) is 5.47. The van der Waals surface area contributed by atoms with Gasteiger partial charge in [-0.3, -0.25) is 0 Å². The zero-order chi connectivity index (χ0) is 14.4. The van der Waals surface area contributed by atoms with Crippen LogP contribution in [0.2, 0.25) is 0 Å². The molecule has 1 aliphatic carbocycles. The molecule has 1 fully saturated rings. The predicted octanol–water partition coefficient (Wildman–Crippen LogP) is 1.47. The van der Waals surface area contributed by atoms with Crippen molar-refractivity contribution in [2.75, 3.05) is 6.61 Å². The zero-order valence-electron chi connectivity index (χ0n) is 10.3. The van der Waals surface area contributed by atoms with Crippen molar-refractivity contribution in [3.05, 3.63) is 10.4 Å². The molecule has 0 radical (unpaired) electrons. The van der Waals surface area contributed by atoms with Gasteiger partial charge in [0.25, 0.3) is 12.5 Å². The fourth-order valence-electron chi connectivity index (χ4n) is 2.43. The molecule has 0 aromatic carbocycles. The average Bonchev–Trinajstić information content (AvgIpc) is 2.33. The van der Waals surface area contributed by atoms with E-state index in [9.17, 15) is 5.11 Å². The summed E-state index contributed by atoms with van der Waals surface area (Å²) in [7, 11) is 0. The highest BCUT2D eigenvalue weighted by atomic mass is 16.7. The molecule has 3 atom stereocenters. The predicted molar refractivity (Wildman–Crippen MR) is 59.2 cm³/mol. The Labute approximate surface area is 109 Å². The van der Waals surface area contributed by atoms with Gasteiger partial charge in [0, 0.05) is 16.7 Å². The van der Waals surface area contributed by atoms with Gasteiger partial charge in [0.1, 0.15) is 18.0 Å². The van der Waals surface area contributed by atoms with Crippen LogP contribution in [0.5, 0.6) is 0 Å². The molecule has 0 aromatic rings. The van der Waals surface area contributed by atoms with Crippen LogP contribution in [0.4, 0.5) is 0 Å². The number of rotatable bonds is 5. The molecule has 9 nitrogen and oxygen atoms in total. The zero-order valence-corrected chi connectivity index (χ0v) is 10.3. The minimum absolute atomic E-state index is 0.0122. The first-order valence-corrected chi connectivity index (χ1v) is 5.47. The monoisotopic (exact) mass is 267 g/mol. The molecule has 1 aliphatic rings. The Morgan fingerprint density at radius 2 is 2.21 bits per heavy atom. The van der Waals surface area contributed by atoms with Crippen molar-refractivity contribution in [3.63, 3.8) is 0 Å². The summed E-state index contributed by atoms with van der Waals surface area (Å²) in [6, 6.07) is 0. The molecule has 0 bridgehead atoms. The minimum Gasteiger partial charge on any atom is -0.427 e. The molecule has 0 aliphatic heterocycles. The number of azide groups is 1. The summed E-state index contributed by atoms with van der Waals surface area (Å²) in [6.07, 6.45) is 2.97. The molecular formula is C10H13N5O4. The van der Waals surface area contributed by atoms with Crippen LogP contribution in [-0.4, -0.2) is 23.6 Å². The van der Waals surface area contributed by atoms with Gasteiger partial charge in [-0.1, -0.05) is 6.92 Å². The molecule has 1 N–H and O–H groups in total. The third kappa shape index (κ3) is 4.11. The quantitative estimate of drug-likeness (QED) is 0.199. The van der Waals surface area contributed by atoms with Crippen molar-refractivity contribution < 1.29 is 19.4 Å². The highest BCUT2D eigenvalue weighted by Gasteiger charge is 2.48. The molecule has 0 heterocycles. The summed E-state index contributed by atoms with van der Waals surface area (Å²) in [5.74, 6) is -1.75. The maximum absolute atomic E-state index is 10.2. The van der Waals surface area contributed by atoms with Crippen molar-refractivity contribution in [2.24, 2.45) is 10.7 Å². The lowest BCUT2D eigenvalue weighted by atomic mass is 9.72. The molecule has 0 saturated heterocycles. The van der Waals surface area contributed by atoms with Crippen LogP contribution in [-0.2, 0) is 14.3 Å². The van der Waals surface area contributed by atoms with Gasteiger partial charge in [-0.05, 0) is 12.0 Å². The molecule has 102 valence electrons. The van der Waals surface area contributed by atoms with Gasteiger partial charge in [-0.2, -0.15) is 10.5 Å². The summed E-state index contributed by atoms with van der Waals surface area (Å²) in [5.41, 5.74) is 7.58. The average molecular weight is 267 g/mol. The van der Waals surface area contributed by atoms with E-state index in [1.165, 1.54) is 0 Å². The Kier molecular flexibility index (Phi) is 4.65. The lowest BCUT2D eigenvalue weighted by Gasteiger charge is -2.43. The first-order chi connectivity index (χ1) is 8.97. The molecule has 0 amide bonds. The normalized spacial score (nSPS) is 33.2. The maximum Gasteiger partial charge on any atom is 0.286 e. The van der Waals surface area contributed by atoms with Crippen LogP contribution >= 0.6 is 0 Å². The molecule has 9 heteroatoms. The molecule has 19 heavy (non-hydrogen) atoms. The summed E-state index contributed by atoms with van der Waals surface area (Å²) in [4.78, 5) is 7.12. The van der Waals surface area contributed by atoms with Crippen LogP contribution in [0, 0.1) is 28.4 Å². The van der Waals surface area contributed by atoms with Crippen molar-refractivity contribution in [3.8, 4) is 12.5 Å². The third-order valence-corrected chi connectivity index (χ3v) is 2.92. The molecular weight excluding hydrogens is 254 g/mol. The summed E-state index contributed by atoms with van der Waals surface area (Å²) >= 11 is 0. The number of hydrogen-bond acceptors (Lipinski definition) is 7. The Bertz CT molecular complexity index is 452. The molecule has 3 unspecified atom stereocenters. The summed E-state index contributed by atoms with van der Waals surface area (Å²) < 4.78 is 9.52. The lowest BCUT2D eigenvalue weighted by Crippen LogP contribution is -2.48. The molecule has 0 spiro atoms. The van der Waals surface area contributed by atoms with E-state index in [4.69, 9.17) is 30.4 Å².